The molecule has 4 atom stereocenters. The van der Waals surface area contributed by atoms with Crippen LogP contribution >= 0.6 is 0 Å². The van der Waals surface area contributed by atoms with Crippen molar-refractivity contribution in [2.75, 3.05) is 0 Å². The van der Waals surface area contributed by atoms with E-state index in [-0.39, 0.29) is 5.76 Å². The van der Waals surface area contributed by atoms with E-state index in [0.717, 1.165) is 35.8 Å². The Balaban J connectivity index is 1.47. The van der Waals surface area contributed by atoms with Crippen LogP contribution < -0.4 is 4.74 Å². The van der Waals surface area contributed by atoms with E-state index in [1.807, 2.05) is 30.3 Å². The topological polar surface area (TPSA) is 103 Å². The Kier molecular flexibility index (Phi) is 6.57. The second-order valence-electron chi connectivity index (χ2n) is 8.23. The fourth-order valence-electron chi connectivity index (χ4n) is 4.27. The second-order valence-corrected chi connectivity index (χ2v) is 8.23. The third-order valence-electron chi connectivity index (χ3n) is 5.96. The van der Waals surface area contributed by atoms with Crippen LogP contribution in [0.25, 0.3) is 0 Å². The van der Waals surface area contributed by atoms with E-state index in [1.165, 1.54) is 12.8 Å². The van der Waals surface area contributed by atoms with Crippen molar-refractivity contribution >= 4 is 0 Å². The molecule has 1 aliphatic carbocycles. The SMILES string of the molecule is N#CC=C1O[C@@H](c2cccc(Cc3ccc(OC4CCCC4)cc3)c2)[C@H](O)[C@@H](O)[C@@H]1O. The second kappa shape index (κ2) is 9.52. The lowest BCUT2D eigenvalue weighted by Crippen LogP contribution is -2.47. The summed E-state index contributed by atoms with van der Waals surface area (Å²) in [7, 11) is 0. The molecule has 1 saturated carbocycles. The van der Waals surface area contributed by atoms with Crippen molar-refractivity contribution in [3.8, 4) is 11.8 Å². The van der Waals surface area contributed by atoms with Gasteiger partial charge in [0, 0.05) is 0 Å². The molecule has 2 aromatic carbocycles. The highest BCUT2D eigenvalue weighted by atomic mass is 16.5. The molecular weight excluding hydrogens is 394 g/mol. The Morgan fingerprint density at radius 3 is 2.45 bits per heavy atom. The molecule has 31 heavy (non-hydrogen) atoms. The highest BCUT2D eigenvalue weighted by molar-refractivity contribution is 5.35. The zero-order chi connectivity index (χ0) is 21.8. The first-order chi connectivity index (χ1) is 15.0. The number of nitrogens with zero attached hydrogens (tertiary/aromatic N) is 1. The van der Waals surface area contributed by atoms with Crippen LogP contribution in [0.4, 0.5) is 0 Å². The zero-order valence-corrected chi connectivity index (χ0v) is 17.2. The summed E-state index contributed by atoms with van der Waals surface area (Å²) in [6.07, 6.45) is 1.74. The van der Waals surface area contributed by atoms with Gasteiger partial charge in [-0.1, -0.05) is 36.4 Å². The van der Waals surface area contributed by atoms with Gasteiger partial charge in [0.1, 0.15) is 29.8 Å². The lowest BCUT2D eigenvalue weighted by molar-refractivity contribution is -0.157. The summed E-state index contributed by atoms with van der Waals surface area (Å²) in [5.74, 6) is 0.848. The molecule has 2 aromatic rings. The molecule has 3 N–H and O–H groups in total. The molecule has 4 rings (SSSR count). The maximum absolute atomic E-state index is 10.4. The monoisotopic (exact) mass is 421 g/mol. The third-order valence-corrected chi connectivity index (χ3v) is 5.96. The van der Waals surface area contributed by atoms with Crippen LogP contribution in [0.5, 0.6) is 5.75 Å². The van der Waals surface area contributed by atoms with Crippen molar-refractivity contribution in [3.05, 3.63) is 77.1 Å². The summed E-state index contributed by atoms with van der Waals surface area (Å²) in [5, 5.41) is 39.5. The van der Waals surface area contributed by atoms with E-state index in [2.05, 4.69) is 12.1 Å². The van der Waals surface area contributed by atoms with Crippen molar-refractivity contribution in [2.45, 2.75) is 62.6 Å². The van der Waals surface area contributed by atoms with Crippen LogP contribution in [0.3, 0.4) is 0 Å². The molecule has 0 spiro atoms. The lowest BCUT2D eigenvalue weighted by atomic mass is 9.91. The van der Waals surface area contributed by atoms with E-state index in [1.54, 1.807) is 12.1 Å². The van der Waals surface area contributed by atoms with E-state index < -0.39 is 24.4 Å². The summed E-state index contributed by atoms with van der Waals surface area (Å²) >= 11 is 0. The van der Waals surface area contributed by atoms with Crippen molar-refractivity contribution in [3.63, 3.8) is 0 Å². The predicted molar refractivity (Wildman–Crippen MR) is 114 cm³/mol. The fraction of sp³-hybridized carbons (Fsp3) is 0.400. The number of rotatable bonds is 5. The van der Waals surface area contributed by atoms with Crippen molar-refractivity contribution in [2.24, 2.45) is 0 Å². The minimum absolute atomic E-state index is 0.0476. The Bertz CT molecular complexity index is 959. The summed E-state index contributed by atoms with van der Waals surface area (Å²) in [5.41, 5.74) is 2.81. The number of allylic oxidation sites excluding steroid dienone is 1. The van der Waals surface area contributed by atoms with Gasteiger partial charge in [0.2, 0.25) is 0 Å². The van der Waals surface area contributed by atoms with Gasteiger partial charge in [-0.2, -0.15) is 5.26 Å². The molecule has 0 aromatic heterocycles. The molecule has 6 nitrogen and oxygen atoms in total. The number of ether oxygens (including phenoxy) is 2. The molecule has 6 heteroatoms. The van der Waals surface area contributed by atoms with Crippen molar-refractivity contribution < 1.29 is 24.8 Å². The first kappa shape index (κ1) is 21.4. The molecule has 1 heterocycles. The van der Waals surface area contributed by atoms with E-state index in [9.17, 15) is 15.3 Å². The van der Waals surface area contributed by atoms with Gasteiger partial charge in [-0.3, -0.25) is 0 Å². The minimum Gasteiger partial charge on any atom is -0.490 e. The number of hydrogen-bond donors (Lipinski definition) is 3. The van der Waals surface area contributed by atoms with Crippen LogP contribution in [0, 0.1) is 11.3 Å². The van der Waals surface area contributed by atoms with Crippen LogP contribution in [0.15, 0.2) is 60.4 Å². The first-order valence-corrected chi connectivity index (χ1v) is 10.7. The van der Waals surface area contributed by atoms with Gasteiger partial charge >= 0.3 is 0 Å². The number of aliphatic hydroxyl groups excluding tert-OH is 3. The normalized spacial score (nSPS) is 27.6. The van der Waals surface area contributed by atoms with E-state index >= 15 is 0 Å². The molecule has 162 valence electrons. The van der Waals surface area contributed by atoms with Crippen LogP contribution in [0.1, 0.15) is 48.5 Å². The van der Waals surface area contributed by atoms with Gasteiger partial charge < -0.3 is 24.8 Å². The van der Waals surface area contributed by atoms with Crippen LogP contribution in [-0.4, -0.2) is 39.7 Å². The van der Waals surface area contributed by atoms with Crippen LogP contribution in [-0.2, 0) is 11.2 Å². The highest BCUT2D eigenvalue weighted by Crippen LogP contribution is 2.34. The smallest absolute Gasteiger partial charge is 0.152 e. The molecule has 2 aliphatic rings. The van der Waals surface area contributed by atoms with Gasteiger partial charge in [0.15, 0.2) is 6.10 Å². The summed E-state index contributed by atoms with van der Waals surface area (Å²) < 4.78 is 11.7. The first-order valence-electron chi connectivity index (χ1n) is 10.7. The van der Waals surface area contributed by atoms with Gasteiger partial charge in [-0.25, -0.2) is 0 Å². The van der Waals surface area contributed by atoms with Gasteiger partial charge in [0.25, 0.3) is 0 Å². The molecule has 0 amide bonds. The largest absolute Gasteiger partial charge is 0.490 e. The molecule has 1 saturated heterocycles. The number of hydrogen-bond acceptors (Lipinski definition) is 6. The summed E-state index contributed by atoms with van der Waals surface area (Å²) in [6, 6.07) is 17.5. The maximum Gasteiger partial charge on any atom is 0.152 e. The summed E-state index contributed by atoms with van der Waals surface area (Å²) in [4.78, 5) is 0. The Labute approximate surface area is 182 Å². The predicted octanol–water partition coefficient (Wildman–Crippen LogP) is 3.16. The summed E-state index contributed by atoms with van der Waals surface area (Å²) in [6.45, 7) is 0. The number of benzene rings is 2. The zero-order valence-electron chi connectivity index (χ0n) is 17.2. The lowest BCUT2D eigenvalue weighted by Gasteiger charge is -2.37. The minimum atomic E-state index is -1.44. The van der Waals surface area contributed by atoms with E-state index in [0.29, 0.717) is 18.1 Å². The molecule has 0 bridgehead atoms. The van der Waals surface area contributed by atoms with Gasteiger partial charge in [-0.05, 0) is 60.9 Å². The molecule has 2 fully saturated rings. The average molecular weight is 421 g/mol. The van der Waals surface area contributed by atoms with Crippen LogP contribution in [0.2, 0.25) is 0 Å². The van der Waals surface area contributed by atoms with Crippen molar-refractivity contribution in [1.82, 2.24) is 0 Å². The van der Waals surface area contributed by atoms with Gasteiger partial charge in [0.05, 0.1) is 18.2 Å². The quantitative estimate of drug-likeness (QED) is 0.641. The Hall–Kier alpha value is -2.85. The number of aliphatic hydroxyl groups is 3. The molecule has 0 unspecified atom stereocenters. The third kappa shape index (κ3) is 4.91. The Morgan fingerprint density at radius 2 is 1.74 bits per heavy atom. The standard InChI is InChI=1S/C25H27NO5/c26-13-12-21-22(27)23(28)24(29)25(31-21)18-5-3-4-17(15-18)14-16-8-10-20(11-9-16)30-19-6-1-2-7-19/h3-5,8-12,15,19,22-25,27-29H,1-2,6-7,14H2/t22-,23+,24-,25+/m1/s1. The molecule has 1 aliphatic heterocycles. The van der Waals surface area contributed by atoms with Crippen molar-refractivity contribution in [1.29, 1.82) is 5.26 Å². The van der Waals surface area contributed by atoms with E-state index in [4.69, 9.17) is 14.7 Å². The molecule has 0 radical (unpaired) electrons. The average Bonchev–Trinajstić information content (AvgIpc) is 3.29. The number of nitriles is 1. The highest BCUT2D eigenvalue weighted by Gasteiger charge is 2.42. The molecular formula is C25H27NO5. The fourth-order valence-corrected chi connectivity index (χ4v) is 4.27. The maximum atomic E-state index is 10.4. The van der Waals surface area contributed by atoms with Gasteiger partial charge in [-0.15, -0.1) is 0 Å². The Morgan fingerprint density at radius 1 is 1.00 bits per heavy atom.